The van der Waals surface area contributed by atoms with E-state index in [2.05, 4.69) is 95.7 Å². The normalized spacial score (nSPS) is 16.1. The van der Waals surface area contributed by atoms with Gasteiger partial charge in [-0.1, -0.05) is 65.0 Å². The summed E-state index contributed by atoms with van der Waals surface area (Å²) in [5, 5.41) is 5.40. The van der Waals surface area contributed by atoms with E-state index >= 15 is 0 Å². The van der Waals surface area contributed by atoms with Crippen LogP contribution >= 0.6 is 10.0 Å². The third-order valence-electron chi connectivity index (χ3n) is 6.58. The van der Waals surface area contributed by atoms with Gasteiger partial charge in [-0.15, -0.1) is 0 Å². The Labute approximate surface area is 181 Å². The molecule has 2 heteroatoms. The number of pyridine rings is 1. The SMILES string of the molecule is CC(C)c1cc2c3c(nccc3c1)-c1cc3ccccc3c(C(C)(C)C)c1S2(C)C. The van der Waals surface area contributed by atoms with Crippen molar-refractivity contribution < 1.29 is 0 Å². The second kappa shape index (κ2) is 6.34. The monoisotopic (exact) mass is 413 g/mol. The van der Waals surface area contributed by atoms with Crippen molar-refractivity contribution in [2.45, 2.75) is 55.7 Å². The predicted octanol–water partition coefficient (Wildman–Crippen LogP) is 8.27. The van der Waals surface area contributed by atoms with E-state index in [0.29, 0.717) is 5.92 Å². The number of hydrogen-bond donors (Lipinski definition) is 0. The molecule has 5 rings (SSSR count). The third kappa shape index (κ3) is 2.66. The van der Waals surface area contributed by atoms with Gasteiger partial charge in [-0.05, 0) is 69.3 Å². The molecule has 0 atom stereocenters. The topological polar surface area (TPSA) is 12.9 Å². The Morgan fingerprint density at radius 2 is 1.63 bits per heavy atom. The lowest BCUT2D eigenvalue weighted by atomic mass is 9.81. The number of hydrogen-bond acceptors (Lipinski definition) is 1. The van der Waals surface area contributed by atoms with Crippen LogP contribution in [-0.4, -0.2) is 17.5 Å². The molecular formula is C28H31NS. The maximum absolute atomic E-state index is 4.96. The van der Waals surface area contributed by atoms with Gasteiger partial charge >= 0.3 is 0 Å². The zero-order valence-corrected chi connectivity index (χ0v) is 19.9. The fraction of sp³-hybridized carbons (Fsp3) is 0.321. The fourth-order valence-electron chi connectivity index (χ4n) is 5.13. The number of fused-ring (bicyclic) bond motifs is 3. The minimum absolute atomic E-state index is 0.0519. The van der Waals surface area contributed by atoms with Gasteiger partial charge in [0.1, 0.15) is 0 Å². The quantitative estimate of drug-likeness (QED) is 0.306. The zero-order chi connectivity index (χ0) is 21.4. The van der Waals surface area contributed by atoms with Crippen LogP contribution in [0, 0.1) is 0 Å². The molecule has 1 nitrogen and oxygen atoms in total. The Balaban J connectivity index is 2.04. The van der Waals surface area contributed by atoms with Crippen LogP contribution in [0.25, 0.3) is 32.8 Å². The summed E-state index contributed by atoms with van der Waals surface area (Å²) in [4.78, 5) is 7.99. The molecule has 0 fully saturated rings. The maximum atomic E-state index is 4.96. The van der Waals surface area contributed by atoms with Crippen LogP contribution in [0.4, 0.5) is 0 Å². The van der Waals surface area contributed by atoms with Crippen LogP contribution in [0.5, 0.6) is 0 Å². The number of benzene rings is 3. The first kappa shape index (κ1) is 19.6. The van der Waals surface area contributed by atoms with Gasteiger partial charge < -0.3 is 0 Å². The second-order valence-electron chi connectivity index (χ2n) is 10.4. The summed E-state index contributed by atoms with van der Waals surface area (Å²) in [6, 6.07) is 18.3. The highest BCUT2D eigenvalue weighted by atomic mass is 32.3. The van der Waals surface area contributed by atoms with Crippen molar-refractivity contribution in [2.75, 3.05) is 12.5 Å². The standard InChI is InChI=1S/C28H31NS/c1-17(2)20-14-19-12-13-29-26-22-15-18-10-8-9-11-21(18)25(28(3,4)5)27(22)30(6,7)23(16-20)24(19)26/h8-17H,1-7H3. The Hall–Kier alpha value is -2.32. The molecule has 4 aromatic rings. The summed E-state index contributed by atoms with van der Waals surface area (Å²) in [5.74, 6) is 0.512. The van der Waals surface area contributed by atoms with E-state index in [0.717, 1.165) is 5.69 Å². The van der Waals surface area contributed by atoms with Crippen LogP contribution < -0.4 is 0 Å². The van der Waals surface area contributed by atoms with Crippen LogP contribution in [0.2, 0.25) is 0 Å². The summed E-state index contributed by atoms with van der Waals surface area (Å²) in [7, 11) is -1.21. The molecule has 0 unspecified atom stereocenters. The summed E-state index contributed by atoms with van der Waals surface area (Å²) in [6.45, 7) is 11.7. The van der Waals surface area contributed by atoms with Crippen molar-refractivity contribution in [2.24, 2.45) is 0 Å². The molecule has 30 heavy (non-hydrogen) atoms. The van der Waals surface area contributed by atoms with Crippen molar-refractivity contribution in [3.05, 3.63) is 65.9 Å². The molecule has 1 aliphatic heterocycles. The average Bonchev–Trinajstić information content (AvgIpc) is 2.69. The average molecular weight is 414 g/mol. The van der Waals surface area contributed by atoms with Crippen molar-refractivity contribution in [1.82, 2.24) is 4.98 Å². The zero-order valence-electron chi connectivity index (χ0n) is 19.1. The van der Waals surface area contributed by atoms with Gasteiger partial charge in [-0.25, -0.2) is 0 Å². The van der Waals surface area contributed by atoms with Crippen LogP contribution in [0.3, 0.4) is 0 Å². The number of nitrogens with zero attached hydrogens (tertiary/aromatic N) is 1. The van der Waals surface area contributed by atoms with E-state index in [1.54, 1.807) is 0 Å². The molecular weight excluding hydrogens is 382 g/mol. The first-order valence-electron chi connectivity index (χ1n) is 10.8. The third-order valence-corrected chi connectivity index (χ3v) is 9.45. The minimum atomic E-state index is -1.21. The molecule has 0 bridgehead atoms. The molecule has 0 N–H and O–H groups in total. The van der Waals surface area contributed by atoms with Gasteiger partial charge in [0.2, 0.25) is 0 Å². The van der Waals surface area contributed by atoms with E-state index in [4.69, 9.17) is 4.98 Å². The van der Waals surface area contributed by atoms with Crippen molar-refractivity contribution in [3.63, 3.8) is 0 Å². The van der Waals surface area contributed by atoms with Crippen LogP contribution in [0.15, 0.2) is 64.5 Å². The van der Waals surface area contributed by atoms with Gasteiger partial charge in [-0.2, -0.15) is 10.0 Å². The highest BCUT2D eigenvalue weighted by molar-refractivity contribution is 8.33. The predicted molar refractivity (Wildman–Crippen MR) is 133 cm³/mol. The summed E-state index contributed by atoms with van der Waals surface area (Å²) in [5.41, 5.74) is 5.48. The Morgan fingerprint density at radius 1 is 0.900 bits per heavy atom. The van der Waals surface area contributed by atoms with Crippen molar-refractivity contribution in [3.8, 4) is 11.3 Å². The number of aromatic nitrogens is 1. The molecule has 2 heterocycles. The molecule has 0 radical (unpaired) electrons. The Morgan fingerprint density at radius 3 is 2.33 bits per heavy atom. The van der Waals surface area contributed by atoms with E-state index in [9.17, 15) is 0 Å². The molecule has 0 saturated heterocycles. The van der Waals surface area contributed by atoms with Crippen molar-refractivity contribution in [1.29, 1.82) is 0 Å². The second-order valence-corrected chi connectivity index (χ2v) is 13.9. The van der Waals surface area contributed by atoms with Gasteiger partial charge in [0.05, 0.1) is 5.69 Å². The van der Waals surface area contributed by atoms with E-state index < -0.39 is 10.0 Å². The maximum Gasteiger partial charge on any atom is 0.0802 e. The molecule has 3 aromatic carbocycles. The van der Waals surface area contributed by atoms with Gasteiger partial charge in [-0.3, -0.25) is 4.98 Å². The van der Waals surface area contributed by atoms with Crippen LogP contribution in [0.1, 0.15) is 51.7 Å². The van der Waals surface area contributed by atoms with E-state index in [1.165, 1.54) is 48.0 Å². The van der Waals surface area contributed by atoms with Crippen LogP contribution in [-0.2, 0) is 5.41 Å². The lowest BCUT2D eigenvalue weighted by molar-refractivity contribution is 0.584. The summed E-state index contributed by atoms with van der Waals surface area (Å²) < 4.78 is 0. The first-order chi connectivity index (χ1) is 14.1. The minimum Gasteiger partial charge on any atom is -0.256 e. The smallest absolute Gasteiger partial charge is 0.0802 e. The highest BCUT2D eigenvalue weighted by Crippen LogP contribution is 2.68. The molecule has 0 aliphatic carbocycles. The lowest BCUT2D eigenvalue weighted by Crippen LogP contribution is -2.19. The highest BCUT2D eigenvalue weighted by Gasteiger charge is 2.37. The Bertz CT molecular complexity index is 1320. The lowest BCUT2D eigenvalue weighted by Gasteiger charge is -2.43. The summed E-state index contributed by atoms with van der Waals surface area (Å²) >= 11 is 0. The van der Waals surface area contributed by atoms with Gasteiger partial charge in [0.25, 0.3) is 0 Å². The van der Waals surface area contributed by atoms with Crippen molar-refractivity contribution >= 4 is 31.6 Å². The molecule has 1 aliphatic rings. The molecule has 0 saturated carbocycles. The molecule has 154 valence electrons. The molecule has 1 aromatic heterocycles. The molecule has 0 amide bonds. The van der Waals surface area contributed by atoms with Gasteiger partial charge in [0, 0.05) is 26.9 Å². The largest absolute Gasteiger partial charge is 0.256 e. The summed E-state index contributed by atoms with van der Waals surface area (Å²) in [6.07, 6.45) is 6.98. The Kier molecular flexibility index (Phi) is 4.15. The molecule has 0 spiro atoms. The van der Waals surface area contributed by atoms with Gasteiger partial charge in [0.15, 0.2) is 0 Å². The van der Waals surface area contributed by atoms with E-state index in [1.807, 2.05) is 6.20 Å². The fourth-order valence-corrected chi connectivity index (χ4v) is 8.14. The van der Waals surface area contributed by atoms with E-state index in [-0.39, 0.29) is 5.41 Å². The first-order valence-corrected chi connectivity index (χ1v) is 13.3. The number of rotatable bonds is 1.